The van der Waals surface area contributed by atoms with Crippen LogP contribution in [0, 0.1) is 0 Å². The van der Waals surface area contributed by atoms with Crippen LogP contribution in [0.3, 0.4) is 0 Å². The third-order valence-electron chi connectivity index (χ3n) is 0.368. The predicted octanol–water partition coefficient (Wildman–Crippen LogP) is -0.431. The fourth-order valence-electron chi connectivity index (χ4n) is 0.0833. The fraction of sp³-hybridized carbons (Fsp3) is 0.333. The van der Waals surface area contributed by atoms with Crippen LogP contribution in [-0.4, -0.2) is 18.9 Å². The van der Waals surface area contributed by atoms with Crippen LogP contribution in [0.5, 0.6) is 0 Å². The first kappa shape index (κ1) is 5.77. The summed E-state index contributed by atoms with van der Waals surface area (Å²) >= 11 is 0. The zero-order valence-electron chi connectivity index (χ0n) is 3.60. The Kier molecular flexibility index (Phi) is 2.87. The Bertz CT molecular complexity index is 69.2. The minimum atomic E-state index is -0.270. The molecule has 0 saturated heterocycles. The van der Waals surface area contributed by atoms with E-state index in [1.54, 1.807) is 0 Å². The quantitative estimate of drug-likeness (QED) is 0.335. The number of carbonyl (C=O) groups excluding carboxylic acids is 1. The lowest BCUT2D eigenvalue weighted by atomic mass is 10.8. The summed E-state index contributed by atoms with van der Waals surface area (Å²) in [7, 11) is 2.82. The van der Waals surface area contributed by atoms with Crippen LogP contribution in [0.15, 0.2) is 0 Å². The highest BCUT2D eigenvalue weighted by atomic mass is 31.0. The van der Waals surface area contributed by atoms with Crippen LogP contribution in [0.2, 0.25) is 0 Å². The summed E-state index contributed by atoms with van der Waals surface area (Å²) in [6.07, 6.45) is 0. The lowest BCUT2D eigenvalue weighted by Crippen LogP contribution is -1.97. The minimum absolute atomic E-state index is 0.270. The molecule has 0 fully saturated rings. The van der Waals surface area contributed by atoms with Gasteiger partial charge in [0.05, 0.1) is 7.11 Å². The van der Waals surface area contributed by atoms with Crippen molar-refractivity contribution in [3.63, 3.8) is 0 Å². The molecule has 0 radical (unpaired) electrons. The van der Waals surface area contributed by atoms with Crippen LogP contribution in [0.25, 0.3) is 0 Å². The number of carbonyl (C=O) groups is 1. The van der Waals surface area contributed by atoms with Gasteiger partial charge in [-0.2, -0.15) is 0 Å². The maximum Gasteiger partial charge on any atom is 0.329 e. The molecule has 0 bridgehead atoms. The van der Waals surface area contributed by atoms with Gasteiger partial charge in [-0.15, -0.1) is 8.86 Å². The second-order valence-electron chi connectivity index (χ2n) is 0.727. The highest BCUT2D eigenvalue weighted by molar-refractivity contribution is 7.21. The molecule has 0 aromatic rings. The molecule has 6 heavy (non-hydrogen) atoms. The van der Waals surface area contributed by atoms with Crippen molar-refractivity contribution in [3.8, 4) is 0 Å². The first-order valence-corrected chi connectivity index (χ1v) is 2.33. The molecule has 1 unspecified atom stereocenters. The molecule has 0 spiro atoms. The highest BCUT2D eigenvalue weighted by Gasteiger charge is 1.81. The van der Waals surface area contributed by atoms with E-state index in [4.69, 9.17) is 0 Å². The summed E-state index contributed by atoms with van der Waals surface area (Å²) in [6, 6.07) is 0. The van der Waals surface area contributed by atoms with Gasteiger partial charge in [0.15, 0.2) is 0 Å². The molecule has 1 atom stereocenters. The Morgan fingerprint density at radius 3 is 2.50 bits per heavy atom. The van der Waals surface area contributed by atoms with Crippen LogP contribution in [0.1, 0.15) is 0 Å². The van der Waals surface area contributed by atoms with Crippen molar-refractivity contribution in [1.82, 2.24) is 0 Å². The van der Waals surface area contributed by atoms with Gasteiger partial charge in [0.25, 0.3) is 0 Å². The van der Waals surface area contributed by atoms with Gasteiger partial charge in [-0.25, -0.2) is 4.79 Å². The SMILES string of the molecule is COC(=O)C=[PH3]. The molecule has 0 heterocycles. The van der Waals surface area contributed by atoms with Crippen molar-refractivity contribution >= 4 is 20.6 Å². The van der Waals surface area contributed by atoms with Crippen molar-refractivity contribution in [1.29, 1.82) is 0 Å². The molecule has 0 aromatic carbocycles. The maximum atomic E-state index is 9.91. The lowest BCUT2D eigenvalue weighted by Gasteiger charge is -1.83. The first-order chi connectivity index (χ1) is 2.81. The van der Waals surface area contributed by atoms with Gasteiger partial charge in [-0.05, 0) is 0 Å². The summed E-state index contributed by atoms with van der Waals surface area (Å²) in [5.74, 6) is 1.12. The highest BCUT2D eigenvalue weighted by Crippen LogP contribution is 1.64. The van der Waals surface area contributed by atoms with Gasteiger partial charge >= 0.3 is 5.97 Å². The van der Waals surface area contributed by atoms with E-state index in [0.29, 0.717) is 0 Å². The largest absolute Gasteiger partial charge is 0.466 e. The Morgan fingerprint density at radius 2 is 2.50 bits per heavy atom. The van der Waals surface area contributed by atoms with Gasteiger partial charge in [-0.1, -0.05) is 0 Å². The second kappa shape index (κ2) is 2.98. The topological polar surface area (TPSA) is 26.3 Å². The normalized spacial score (nSPS) is 7.50. The Labute approximate surface area is 38.3 Å². The van der Waals surface area contributed by atoms with Crippen LogP contribution in [0.4, 0.5) is 0 Å². The van der Waals surface area contributed by atoms with Gasteiger partial charge < -0.3 is 4.74 Å². The van der Waals surface area contributed by atoms with Crippen molar-refractivity contribution in [3.05, 3.63) is 0 Å². The predicted molar refractivity (Wildman–Crippen MR) is 29.2 cm³/mol. The zero-order valence-corrected chi connectivity index (χ0v) is 5.02. The van der Waals surface area contributed by atoms with Gasteiger partial charge in [0.2, 0.25) is 0 Å². The third-order valence-corrected chi connectivity index (χ3v) is 0.701. The molecule has 0 N–H and O–H groups in total. The van der Waals surface area contributed by atoms with Crippen molar-refractivity contribution in [2.45, 2.75) is 0 Å². The van der Waals surface area contributed by atoms with Crippen LogP contribution in [-0.2, 0) is 9.53 Å². The molecular weight excluding hydrogens is 99.0 g/mol. The summed E-state index contributed by atoms with van der Waals surface area (Å²) in [5.41, 5.74) is 0. The smallest absolute Gasteiger partial charge is 0.329 e. The number of hydrogen-bond donors (Lipinski definition) is 0. The molecule has 0 aliphatic heterocycles. The molecule has 0 aliphatic carbocycles. The average Bonchev–Trinajstić information content (AvgIpc) is 1.65. The molecule has 3 heteroatoms. The average molecular weight is 106 g/mol. The van der Waals surface area contributed by atoms with Gasteiger partial charge in [0.1, 0.15) is 0 Å². The number of esters is 1. The fourth-order valence-corrected chi connectivity index (χ4v) is 0.250. The standard InChI is InChI=1S/C3H7O2P/c1-5-3(4)2-6/h2H,1,6H3. The molecule has 36 valence electrons. The lowest BCUT2D eigenvalue weighted by molar-refractivity contribution is -0.131. The van der Waals surface area contributed by atoms with Crippen molar-refractivity contribution < 1.29 is 9.53 Å². The summed E-state index contributed by atoms with van der Waals surface area (Å²) in [6.45, 7) is 0. The van der Waals surface area contributed by atoms with Gasteiger partial charge in [-0.3, -0.25) is 0 Å². The zero-order chi connectivity index (χ0) is 4.99. The Balaban J connectivity index is 3.23. The Hall–Kier alpha value is -0.230. The minimum Gasteiger partial charge on any atom is -0.466 e. The number of rotatable bonds is 1. The summed E-state index contributed by atoms with van der Waals surface area (Å²) < 4.78 is 4.21. The molecular formula is C3H7O2P. The van der Waals surface area contributed by atoms with E-state index in [1.807, 2.05) is 0 Å². The molecule has 0 aromatic heterocycles. The van der Waals surface area contributed by atoms with E-state index in [9.17, 15) is 4.79 Å². The van der Waals surface area contributed by atoms with Gasteiger partial charge in [0, 0.05) is 5.80 Å². The summed E-state index contributed by atoms with van der Waals surface area (Å²) in [5, 5.41) is 0. The van der Waals surface area contributed by atoms with Crippen LogP contribution >= 0.6 is 8.86 Å². The van der Waals surface area contributed by atoms with Crippen molar-refractivity contribution in [2.75, 3.05) is 7.11 Å². The maximum absolute atomic E-state index is 9.91. The molecule has 0 amide bonds. The number of ether oxygens (including phenoxy) is 1. The third kappa shape index (κ3) is 2.04. The van der Waals surface area contributed by atoms with E-state index in [-0.39, 0.29) is 5.97 Å². The first-order valence-electron chi connectivity index (χ1n) is 1.51. The van der Waals surface area contributed by atoms with E-state index in [0.717, 1.165) is 0 Å². The summed E-state index contributed by atoms with van der Waals surface area (Å²) in [4.78, 5) is 9.91. The second-order valence-corrected chi connectivity index (χ2v) is 1.14. The van der Waals surface area contributed by atoms with Crippen LogP contribution < -0.4 is 0 Å². The number of methoxy groups -OCH3 is 1. The van der Waals surface area contributed by atoms with E-state index >= 15 is 0 Å². The molecule has 0 rings (SSSR count). The van der Waals surface area contributed by atoms with E-state index in [1.165, 1.54) is 21.8 Å². The van der Waals surface area contributed by atoms with E-state index < -0.39 is 0 Å². The van der Waals surface area contributed by atoms with E-state index in [2.05, 4.69) is 4.74 Å². The Morgan fingerprint density at radius 1 is 2.00 bits per heavy atom. The molecule has 2 nitrogen and oxygen atoms in total. The molecule has 0 aliphatic rings. The van der Waals surface area contributed by atoms with Crippen molar-refractivity contribution in [2.24, 2.45) is 0 Å². The monoisotopic (exact) mass is 106 g/mol. The molecule has 0 saturated carbocycles. The number of hydrogen-bond acceptors (Lipinski definition) is 2.